The van der Waals surface area contributed by atoms with Gasteiger partial charge >= 0.3 is 0 Å². The smallest absolute Gasteiger partial charge is 0.120 e. The first-order valence-electron chi connectivity index (χ1n) is 5.46. The van der Waals surface area contributed by atoms with Gasteiger partial charge in [0, 0.05) is 25.3 Å². The van der Waals surface area contributed by atoms with Crippen molar-refractivity contribution >= 4 is 5.69 Å². The largest absolute Gasteiger partial charge is 0.497 e. The van der Waals surface area contributed by atoms with Crippen molar-refractivity contribution in [3.8, 4) is 11.8 Å². The van der Waals surface area contributed by atoms with Gasteiger partial charge in [0.2, 0.25) is 0 Å². The highest BCUT2D eigenvalue weighted by atomic mass is 16.5. The van der Waals surface area contributed by atoms with Crippen LogP contribution in [0.5, 0.6) is 5.75 Å². The minimum Gasteiger partial charge on any atom is -0.497 e. The monoisotopic (exact) mass is 218 g/mol. The van der Waals surface area contributed by atoms with Crippen LogP contribution in [0, 0.1) is 17.2 Å². The molecule has 0 saturated carbocycles. The summed E-state index contributed by atoms with van der Waals surface area (Å²) in [6, 6.07) is 10.2. The second-order valence-corrected chi connectivity index (χ2v) is 3.82. The SMILES string of the molecule is CCC(C#N)CN(C)c1cccc(OC)c1. The van der Waals surface area contributed by atoms with Crippen molar-refractivity contribution in [1.82, 2.24) is 0 Å². The Bertz CT molecular complexity index is 370. The van der Waals surface area contributed by atoms with Gasteiger partial charge in [-0.3, -0.25) is 0 Å². The molecule has 16 heavy (non-hydrogen) atoms. The Kier molecular flexibility index (Phi) is 4.65. The van der Waals surface area contributed by atoms with Crippen molar-refractivity contribution in [3.05, 3.63) is 24.3 Å². The molecule has 0 amide bonds. The predicted molar refractivity (Wildman–Crippen MR) is 65.7 cm³/mol. The van der Waals surface area contributed by atoms with Crippen LogP contribution in [0.25, 0.3) is 0 Å². The van der Waals surface area contributed by atoms with E-state index in [1.165, 1.54) is 0 Å². The molecule has 1 atom stereocenters. The van der Waals surface area contributed by atoms with Crippen molar-refractivity contribution in [2.24, 2.45) is 5.92 Å². The molecule has 1 aromatic rings. The quantitative estimate of drug-likeness (QED) is 0.762. The molecule has 0 heterocycles. The van der Waals surface area contributed by atoms with Gasteiger partial charge in [-0.15, -0.1) is 0 Å². The molecule has 86 valence electrons. The zero-order chi connectivity index (χ0) is 12.0. The number of hydrogen-bond acceptors (Lipinski definition) is 3. The lowest BCUT2D eigenvalue weighted by Crippen LogP contribution is -2.24. The maximum Gasteiger partial charge on any atom is 0.120 e. The molecule has 0 radical (unpaired) electrons. The van der Waals surface area contributed by atoms with Crippen molar-refractivity contribution in [1.29, 1.82) is 5.26 Å². The van der Waals surface area contributed by atoms with Crippen LogP contribution < -0.4 is 9.64 Å². The zero-order valence-corrected chi connectivity index (χ0v) is 10.1. The first-order chi connectivity index (χ1) is 7.71. The van der Waals surface area contributed by atoms with E-state index in [1.807, 2.05) is 38.2 Å². The summed E-state index contributed by atoms with van der Waals surface area (Å²) in [7, 11) is 3.65. The van der Waals surface area contributed by atoms with E-state index >= 15 is 0 Å². The van der Waals surface area contributed by atoms with Crippen LogP contribution in [0.2, 0.25) is 0 Å². The summed E-state index contributed by atoms with van der Waals surface area (Å²) in [5.74, 6) is 0.922. The van der Waals surface area contributed by atoms with E-state index in [0.717, 1.165) is 24.4 Å². The van der Waals surface area contributed by atoms with Crippen LogP contribution in [0.1, 0.15) is 13.3 Å². The molecular weight excluding hydrogens is 200 g/mol. The van der Waals surface area contributed by atoms with Crippen molar-refractivity contribution in [2.45, 2.75) is 13.3 Å². The average molecular weight is 218 g/mol. The van der Waals surface area contributed by atoms with Crippen molar-refractivity contribution in [2.75, 3.05) is 25.6 Å². The number of benzene rings is 1. The van der Waals surface area contributed by atoms with Crippen molar-refractivity contribution in [3.63, 3.8) is 0 Å². The summed E-state index contributed by atoms with van der Waals surface area (Å²) in [6.07, 6.45) is 0.880. The van der Waals surface area contributed by atoms with Crippen LogP contribution in [0.4, 0.5) is 5.69 Å². The van der Waals surface area contributed by atoms with Crippen LogP contribution >= 0.6 is 0 Å². The third-order valence-corrected chi connectivity index (χ3v) is 2.66. The number of anilines is 1. The number of methoxy groups -OCH3 is 1. The molecule has 0 N–H and O–H groups in total. The molecule has 0 saturated heterocycles. The Morgan fingerprint density at radius 3 is 2.81 bits per heavy atom. The number of nitriles is 1. The summed E-state index contributed by atoms with van der Waals surface area (Å²) in [6.45, 7) is 2.79. The van der Waals surface area contributed by atoms with E-state index in [1.54, 1.807) is 7.11 Å². The van der Waals surface area contributed by atoms with Gasteiger partial charge in [-0.1, -0.05) is 13.0 Å². The molecule has 0 spiro atoms. The van der Waals surface area contributed by atoms with Gasteiger partial charge in [0.15, 0.2) is 0 Å². The normalized spacial score (nSPS) is 11.6. The molecule has 0 bridgehead atoms. The molecule has 0 aliphatic rings. The maximum atomic E-state index is 8.92. The molecule has 0 aliphatic carbocycles. The van der Waals surface area contributed by atoms with Gasteiger partial charge < -0.3 is 9.64 Å². The Hall–Kier alpha value is -1.69. The maximum absolute atomic E-state index is 8.92. The molecule has 1 rings (SSSR count). The number of ether oxygens (including phenoxy) is 1. The highest BCUT2D eigenvalue weighted by Gasteiger charge is 2.09. The van der Waals surface area contributed by atoms with Crippen molar-refractivity contribution < 1.29 is 4.74 Å². The molecule has 0 fully saturated rings. The summed E-state index contributed by atoms with van der Waals surface area (Å²) >= 11 is 0. The van der Waals surface area contributed by atoms with E-state index < -0.39 is 0 Å². The topological polar surface area (TPSA) is 36.3 Å². The predicted octanol–water partition coefficient (Wildman–Crippen LogP) is 2.68. The number of nitrogens with zero attached hydrogens (tertiary/aromatic N) is 2. The van der Waals surface area contributed by atoms with E-state index in [9.17, 15) is 0 Å². The standard InChI is InChI=1S/C13H18N2O/c1-4-11(9-14)10-15(2)12-6-5-7-13(8-12)16-3/h5-8,11H,4,10H2,1-3H3. The third-order valence-electron chi connectivity index (χ3n) is 2.66. The van der Waals surface area contributed by atoms with E-state index in [4.69, 9.17) is 10.00 Å². The average Bonchev–Trinajstić information content (AvgIpc) is 2.35. The van der Waals surface area contributed by atoms with Gasteiger partial charge in [0.1, 0.15) is 5.75 Å². The first-order valence-corrected chi connectivity index (χ1v) is 5.46. The summed E-state index contributed by atoms with van der Waals surface area (Å²) in [5.41, 5.74) is 1.08. The van der Waals surface area contributed by atoms with Gasteiger partial charge in [-0.2, -0.15) is 5.26 Å². The highest BCUT2D eigenvalue weighted by Crippen LogP contribution is 2.20. The van der Waals surface area contributed by atoms with E-state index in [0.29, 0.717) is 0 Å². The minimum atomic E-state index is 0.0798. The minimum absolute atomic E-state index is 0.0798. The van der Waals surface area contributed by atoms with Crippen LogP contribution in [-0.4, -0.2) is 20.7 Å². The zero-order valence-electron chi connectivity index (χ0n) is 10.1. The van der Waals surface area contributed by atoms with Crippen LogP contribution in [0.15, 0.2) is 24.3 Å². The number of rotatable bonds is 5. The van der Waals surface area contributed by atoms with Gasteiger partial charge in [-0.05, 0) is 18.6 Å². The Morgan fingerprint density at radius 1 is 1.50 bits per heavy atom. The highest BCUT2D eigenvalue weighted by molar-refractivity contribution is 5.50. The summed E-state index contributed by atoms with van der Waals surface area (Å²) in [5, 5.41) is 8.92. The Balaban J connectivity index is 2.72. The molecular formula is C13H18N2O. The Morgan fingerprint density at radius 2 is 2.25 bits per heavy atom. The first kappa shape index (κ1) is 12.4. The fraction of sp³-hybridized carbons (Fsp3) is 0.462. The van der Waals surface area contributed by atoms with Crippen LogP contribution in [-0.2, 0) is 0 Å². The van der Waals surface area contributed by atoms with Gasteiger partial charge in [0.25, 0.3) is 0 Å². The fourth-order valence-electron chi connectivity index (χ4n) is 1.55. The fourth-order valence-corrected chi connectivity index (χ4v) is 1.55. The molecule has 0 aromatic heterocycles. The second kappa shape index (κ2) is 6.02. The lowest BCUT2D eigenvalue weighted by atomic mass is 10.1. The number of hydrogen-bond donors (Lipinski definition) is 0. The Labute approximate surface area is 97.3 Å². The lowest BCUT2D eigenvalue weighted by Gasteiger charge is -2.21. The second-order valence-electron chi connectivity index (χ2n) is 3.82. The van der Waals surface area contributed by atoms with Gasteiger partial charge in [0.05, 0.1) is 19.1 Å². The van der Waals surface area contributed by atoms with Gasteiger partial charge in [-0.25, -0.2) is 0 Å². The van der Waals surface area contributed by atoms with Crippen LogP contribution in [0.3, 0.4) is 0 Å². The summed E-state index contributed by atoms with van der Waals surface area (Å²) < 4.78 is 5.17. The molecule has 3 heteroatoms. The summed E-state index contributed by atoms with van der Waals surface area (Å²) in [4.78, 5) is 2.08. The molecule has 3 nitrogen and oxygen atoms in total. The molecule has 1 unspecified atom stereocenters. The van der Waals surface area contributed by atoms with E-state index in [2.05, 4.69) is 11.0 Å². The third kappa shape index (κ3) is 3.16. The molecule has 1 aromatic carbocycles. The van der Waals surface area contributed by atoms with E-state index in [-0.39, 0.29) is 5.92 Å². The lowest BCUT2D eigenvalue weighted by molar-refractivity contribution is 0.415. The molecule has 0 aliphatic heterocycles.